The van der Waals surface area contributed by atoms with Crippen molar-refractivity contribution in [1.29, 1.82) is 0 Å². The molecule has 1 saturated heterocycles. The van der Waals surface area contributed by atoms with Gasteiger partial charge in [-0.15, -0.1) is 0 Å². The van der Waals surface area contributed by atoms with E-state index in [1.807, 2.05) is 0 Å². The summed E-state index contributed by atoms with van der Waals surface area (Å²) in [6, 6.07) is -1.28. The first-order valence-corrected chi connectivity index (χ1v) is 6.05. The third kappa shape index (κ3) is 5.12. The molecule has 0 spiro atoms. The second-order valence-electron chi connectivity index (χ2n) is 4.54. The molecule has 1 aliphatic heterocycles. The van der Waals surface area contributed by atoms with Crippen molar-refractivity contribution >= 4 is 17.9 Å². The lowest BCUT2D eigenvalue weighted by molar-refractivity contribution is -0.139. The third-order valence-corrected chi connectivity index (χ3v) is 2.78. The molecule has 8 heteroatoms. The molecule has 1 fully saturated rings. The van der Waals surface area contributed by atoms with Crippen LogP contribution < -0.4 is 11.1 Å². The average Bonchev–Trinajstić information content (AvgIpc) is 2.27. The van der Waals surface area contributed by atoms with E-state index in [1.165, 1.54) is 4.90 Å². The van der Waals surface area contributed by atoms with Crippen LogP contribution in [0.4, 0.5) is 4.79 Å². The molecule has 8 nitrogen and oxygen atoms in total. The van der Waals surface area contributed by atoms with Gasteiger partial charge in [0.2, 0.25) is 5.91 Å². The standard InChI is InChI=1S/C11H19N3O5/c1-7(4-9(12)15)13-11(18)14-2-3-19-6-8(14)5-10(16)17/h7-8H,2-6H2,1H3,(H2,12,15)(H,13,18)(H,16,17). The van der Waals surface area contributed by atoms with Crippen LogP contribution in [0, 0.1) is 0 Å². The monoisotopic (exact) mass is 273 g/mol. The van der Waals surface area contributed by atoms with Gasteiger partial charge in [0, 0.05) is 19.0 Å². The molecule has 0 radical (unpaired) electrons. The van der Waals surface area contributed by atoms with Crippen molar-refractivity contribution in [2.24, 2.45) is 5.73 Å². The number of nitrogens with two attached hydrogens (primary N) is 1. The van der Waals surface area contributed by atoms with Crippen LogP contribution in [0.15, 0.2) is 0 Å². The SMILES string of the molecule is CC(CC(N)=O)NC(=O)N1CCOCC1CC(=O)O. The van der Waals surface area contributed by atoms with Gasteiger partial charge in [0.15, 0.2) is 0 Å². The van der Waals surface area contributed by atoms with Crippen molar-refractivity contribution in [3.05, 3.63) is 0 Å². The van der Waals surface area contributed by atoms with Crippen LogP contribution in [0.2, 0.25) is 0 Å². The molecule has 0 aliphatic carbocycles. The van der Waals surface area contributed by atoms with Gasteiger partial charge in [-0.05, 0) is 6.92 Å². The summed E-state index contributed by atoms with van der Waals surface area (Å²) in [5, 5.41) is 11.4. The van der Waals surface area contributed by atoms with E-state index in [-0.39, 0.29) is 19.4 Å². The van der Waals surface area contributed by atoms with Crippen molar-refractivity contribution in [3.63, 3.8) is 0 Å². The molecule has 2 atom stereocenters. The lowest BCUT2D eigenvalue weighted by atomic mass is 10.1. The van der Waals surface area contributed by atoms with Gasteiger partial charge in [-0.3, -0.25) is 9.59 Å². The quantitative estimate of drug-likeness (QED) is 0.601. The summed E-state index contributed by atoms with van der Waals surface area (Å²) in [5.41, 5.74) is 5.04. The minimum Gasteiger partial charge on any atom is -0.481 e. The second-order valence-corrected chi connectivity index (χ2v) is 4.54. The van der Waals surface area contributed by atoms with Gasteiger partial charge in [-0.25, -0.2) is 4.79 Å². The van der Waals surface area contributed by atoms with Crippen LogP contribution in [0.25, 0.3) is 0 Å². The number of carboxylic acid groups (broad SMARTS) is 1. The zero-order valence-corrected chi connectivity index (χ0v) is 10.8. The van der Waals surface area contributed by atoms with Crippen molar-refractivity contribution in [1.82, 2.24) is 10.2 Å². The largest absolute Gasteiger partial charge is 0.481 e. The number of hydrogen-bond donors (Lipinski definition) is 3. The van der Waals surface area contributed by atoms with Crippen LogP contribution in [0.5, 0.6) is 0 Å². The average molecular weight is 273 g/mol. The highest BCUT2D eigenvalue weighted by molar-refractivity contribution is 5.78. The van der Waals surface area contributed by atoms with Gasteiger partial charge in [0.1, 0.15) is 0 Å². The number of nitrogens with zero attached hydrogens (tertiary/aromatic N) is 1. The predicted molar refractivity (Wildman–Crippen MR) is 65.4 cm³/mol. The molecule has 108 valence electrons. The summed E-state index contributed by atoms with van der Waals surface area (Å²) in [6.45, 7) is 2.56. The molecule has 4 N–H and O–H groups in total. The maximum Gasteiger partial charge on any atom is 0.318 e. The van der Waals surface area contributed by atoms with E-state index in [4.69, 9.17) is 15.6 Å². The molecule has 1 heterocycles. The first-order chi connectivity index (χ1) is 8.90. The zero-order chi connectivity index (χ0) is 14.4. The summed E-state index contributed by atoms with van der Waals surface area (Å²) >= 11 is 0. The Morgan fingerprint density at radius 2 is 2.21 bits per heavy atom. The summed E-state index contributed by atoms with van der Waals surface area (Å²) in [5.74, 6) is -1.49. The molecular weight excluding hydrogens is 254 g/mol. The number of primary amides is 1. The van der Waals surface area contributed by atoms with Crippen LogP contribution in [-0.2, 0) is 14.3 Å². The lowest BCUT2D eigenvalue weighted by Gasteiger charge is -2.35. The Kier molecular flexibility index (Phi) is 5.56. The molecule has 0 aromatic heterocycles. The van der Waals surface area contributed by atoms with E-state index in [1.54, 1.807) is 6.92 Å². The molecular formula is C11H19N3O5. The number of hydrogen-bond acceptors (Lipinski definition) is 4. The third-order valence-electron chi connectivity index (χ3n) is 2.78. The number of carboxylic acids is 1. The number of aliphatic carboxylic acids is 1. The van der Waals surface area contributed by atoms with E-state index in [2.05, 4.69) is 5.32 Å². The van der Waals surface area contributed by atoms with E-state index in [0.717, 1.165) is 0 Å². The maximum absolute atomic E-state index is 12.0. The van der Waals surface area contributed by atoms with Crippen LogP contribution in [0.1, 0.15) is 19.8 Å². The Balaban J connectivity index is 2.56. The second kappa shape index (κ2) is 6.93. The van der Waals surface area contributed by atoms with Crippen molar-refractivity contribution in [3.8, 4) is 0 Å². The van der Waals surface area contributed by atoms with Crippen LogP contribution >= 0.6 is 0 Å². The molecule has 1 aliphatic rings. The number of rotatable bonds is 5. The minimum absolute atomic E-state index is 0.0413. The number of amides is 3. The number of carbonyl (C=O) groups excluding carboxylic acids is 2. The van der Waals surface area contributed by atoms with Gasteiger partial charge >= 0.3 is 12.0 Å². The van der Waals surface area contributed by atoms with Gasteiger partial charge in [0.05, 0.1) is 25.7 Å². The van der Waals surface area contributed by atoms with E-state index in [9.17, 15) is 14.4 Å². The molecule has 3 amide bonds. The number of nitrogens with one attached hydrogen (secondary N) is 1. The van der Waals surface area contributed by atoms with Gasteiger partial charge in [-0.2, -0.15) is 0 Å². The summed E-state index contributed by atoms with van der Waals surface area (Å²) in [7, 11) is 0. The minimum atomic E-state index is -0.988. The molecule has 0 saturated carbocycles. The Morgan fingerprint density at radius 3 is 2.79 bits per heavy atom. The highest BCUT2D eigenvalue weighted by Crippen LogP contribution is 2.11. The molecule has 0 aromatic rings. The number of carbonyl (C=O) groups is 3. The van der Waals surface area contributed by atoms with Gasteiger partial charge in [-0.1, -0.05) is 0 Å². The van der Waals surface area contributed by atoms with Gasteiger partial charge in [0.25, 0.3) is 0 Å². The Hall–Kier alpha value is -1.83. The van der Waals surface area contributed by atoms with Crippen LogP contribution in [-0.4, -0.2) is 59.8 Å². The topological polar surface area (TPSA) is 122 Å². The molecule has 19 heavy (non-hydrogen) atoms. The van der Waals surface area contributed by atoms with E-state index >= 15 is 0 Å². The number of urea groups is 1. The Labute approximate surface area is 110 Å². The van der Waals surface area contributed by atoms with Crippen molar-refractivity contribution in [2.45, 2.75) is 31.8 Å². The highest BCUT2D eigenvalue weighted by Gasteiger charge is 2.29. The summed E-state index contributed by atoms with van der Waals surface area (Å²) in [4.78, 5) is 34.9. The molecule has 2 unspecified atom stereocenters. The van der Waals surface area contributed by atoms with Gasteiger partial charge < -0.3 is 25.8 Å². The van der Waals surface area contributed by atoms with Crippen molar-refractivity contribution in [2.75, 3.05) is 19.8 Å². The van der Waals surface area contributed by atoms with E-state index in [0.29, 0.717) is 13.2 Å². The summed E-state index contributed by atoms with van der Waals surface area (Å²) in [6.07, 6.45) is -0.128. The summed E-state index contributed by atoms with van der Waals surface area (Å²) < 4.78 is 5.17. The fraction of sp³-hybridized carbons (Fsp3) is 0.727. The fourth-order valence-electron chi connectivity index (χ4n) is 1.94. The van der Waals surface area contributed by atoms with E-state index < -0.39 is 30.0 Å². The fourth-order valence-corrected chi connectivity index (χ4v) is 1.94. The predicted octanol–water partition coefficient (Wildman–Crippen LogP) is -0.865. The normalized spacial score (nSPS) is 20.7. The first-order valence-electron chi connectivity index (χ1n) is 6.05. The maximum atomic E-state index is 12.0. The van der Waals surface area contributed by atoms with Crippen molar-refractivity contribution < 1.29 is 24.2 Å². The number of morpholine rings is 1. The van der Waals surface area contributed by atoms with Crippen LogP contribution in [0.3, 0.4) is 0 Å². The Morgan fingerprint density at radius 1 is 1.53 bits per heavy atom. The number of ether oxygens (including phenoxy) is 1. The lowest BCUT2D eigenvalue weighted by Crippen LogP contribution is -2.54. The highest BCUT2D eigenvalue weighted by atomic mass is 16.5. The Bertz CT molecular complexity index is 360. The smallest absolute Gasteiger partial charge is 0.318 e. The molecule has 0 bridgehead atoms. The molecule has 1 rings (SSSR count). The molecule has 0 aromatic carbocycles. The first kappa shape index (κ1) is 15.2. The zero-order valence-electron chi connectivity index (χ0n) is 10.8.